The van der Waals surface area contributed by atoms with E-state index in [9.17, 15) is 4.79 Å². The summed E-state index contributed by atoms with van der Waals surface area (Å²) in [6, 6.07) is 3.77. The second kappa shape index (κ2) is 8.81. The highest BCUT2D eigenvalue weighted by Crippen LogP contribution is 2.37. The Labute approximate surface area is 127 Å². The van der Waals surface area contributed by atoms with Crippen LogP contribution < -0.4 is 14.8 Å². The zero-order valence-electron chi connectivity index (χ0n) is 11.7. The van der Waals surface area contributed by atoms with Crippen LogP contribution in [0.2, 0.25) is 0 Å². The van der Waals surface area contributed by atoms with Gasteiger partial charge in [-0.3, -0.25) is 4.79 Å². The van der Waals surface area contributed by atoms with Gasteiger partial charge in [0.1, 0.15) is 0 Å². The summed E-state index contributed by atoms with van der Waals surface area (Å²) >= 11 is 3.47. The summed E-state index contributed by atoms with van der Waals surface area (Å²) in [5.74, 6) is 0.482. The largest absolute Gasteiger partial charge is 0.490 e. The molecule has 0 aliphatic heterocycles. The van der Waals surface area contributed by atoms with Crippen LogP contribution in [-0.4, -0.2) is 30.8 Å². The third kappa shape index (κ3) is 5.38. The maximum absolute atomic E-state index is 10.5. The number of carboxylic acid groups (broad SMARTS) is 1. The van der Waals surface area contributed by atoms with E-state index in [2.05, 4.69) is 21.2 Å². The highest BCUT2D eigenvalue weighted by atomic mass is 79.9. The van der Waals surface area contributed by atoms with Crippen LogP contribution >= 0.6 is 15.9 Å². The number of carboxylic acids is 1. The number of benzene rings is 1. The molecule has 112 valence electrons. The third-order valence-electron chi connectivity index (χ3n) is 2.43. The minimum Gasteiger partial charge on any atom is -0.490 e. The molecule has 1 aromatic carbocycles. The Hall–Kier alpha value is -1.27. The number of rotatable bonds is 9. The lowest BCUT2D eigenvalue weighted by atomic mass is 10.2. The van der Waals surface area contributed by atoms with E-state index in [0.717, 1.165) is 16.5 Å². The predicted octanol–water partition coefficient (Wildman–Crippen LogP) is 2.81. The quantitative estimate of drug-likeness (QED) is 0.720. The van der Waals surface area contributed by atoms with Gasteiger partial charge in [-0.2, -0.15) is 0 Å². The van der Waals surface area contributed by atoms with E-state index < -0.39 is 5.97 Å². The maximum atomic E-state index is 10.5. The molecule has 20 heavy (non-hydrogen) atoms. The maximum Gasteiger partial charge on any atom is 0.317 e. The fraction of sp³-hybridized carbons (Fsp3) is 0.500. The van der Waals surface area contributed by atoms with Gasteiger partial charge in [-0.1, -0.05) is 6.92 Å². The van der Waals surface area contributed by atoms with Gasteiger partial charge in [0, 0.05) is 6.54 Å². The zero-order chi connectivity index (χ0) is 15.0. The number of carbonyl (C=O) groups is 1. The topological polar surface area (TPSA) is 67.8 Å². The fourth-order valence-electron chi connectivity index (χ4n) is 1.64. The van der Waals surface area contributed by atoms with E-state index in [-0.39, 0.29) is 6.54 Å². The zero-order valence-corrected chi connectivity index (χ0v) is 13.3. The molecule has 0 amide bonds. The van der Waals surface area contributed by atoms with Crippen LogP contribution in [0.1, 0.15) is 25.8 Å². The van der Waals surface area contributed by atoms with Gasteiger partial charge in [-0.05, 0) is 47.0 Å². The van der Waals surface area contributed by atoms with E-state index in [1.807, 2.05) is 26.0 Å². The number of ether oxygens (including phenoxy) is 2. The second-order valence-electron chi connectivity index (χ2n) is 4.18. The molecule has 0 fully saturated rings. The van der Waals surface area contributed by atoms with Gasteiger partial charge in [0.25, 0.3) is 0 Å². The van der Waals surface area contributed by atoms with E-state index >= 15 is 0 Å². The molecule has 0 aromatic heterocycles. The number of nitrogens with one attached hydrogen (secondary N) is 1. The summed E-state index contributed by atoms with van der Waals surface area (Å²) in [7, 11) is 0. The number of hydrogen-bond acceptors (Lipinski definition) is 4. The Bertz CT molecular complexity index is 451. The molecule has 0 saturated heterocycles. The summed E-state index contributed by atoms with van der Waals surface area (Å²) in [5.41, 5.74) is 0.936. The smallest absolute Gasteiger partial charge is 0.317 e. The average Bonchev–Trinajstić information content (AvgIpc) is 2.38. The van der Waals surface area contributed by atoms with E-state index in [4.69, 9.17) is 14.6 Å². The van der Waals surface area contributed by atoms with Crippen molar-refractivity contribution in [1.82, 2.24) is 5.32 Å². The molecule has 0 saturated carbocycles. The summed E-state index contributed by atoms with van der Waals surface area (Å²) < 4.78 is 12.1. The van der Waals surface area contributed by atoms with Crippen LogP contribution in [0.25, 0.3) is 0 Å². The molecule has 2 N–H and O–H groups in total. The molecule has 0 atom stereocenters. The van der Waals surface area contributed by atoms with Crippen molar-refractivity contribution >= 4 is 21.9 Å². The molecule has 0 heterocycles. The summed E-state index contributed by atoms with van der Waals surface area (Å²) in [4.78, 5) is 10.5. The number of aliphatic carboxylic acids is 1. The van der Waals surface area contributed by atoms with Crippen LogP contribution in [0.5, 0.6) is 11.5 Å². The van der Waals surface area contributed by atoms with Gasteiger partial charge in [-0.25, -0.2) is 0 Å². The van der Waals surface area contributed by atoms with E-state index in [1.165, 1.54) is 0 Å². The lowest BCUT2D eigenvalue weighted by molar-refractivity contribution is -0.135. The lowest BCUT2D eigenvalue weighted by Gasteiger charge is -2.15. The normalized spacial score (nSPS) is 10.3. The average molecular weight is 346 g/mol. The van der Waals surface area contributed by atoms with Gasteiger partial charge in [0.15, 0.2) is 11.5 Å². The molecule has 0 bridgehead atoms. The predicted molar refractivity (Wildman–Crippen MR) is 80.4 cm³/mol. The first-order valence-corrected chi connectivity index (χ1v) is 7.38. The van der Waals surface area contributed by atoms with Crippen molar-refractivity contribution in [2.75, 3.05) is 19.8 Å². The highest BCUT2D eigenvalue weighted by Gasteiger charge is 2.12. The minimum absolute atomic E-state index is 0.0737. The van der Waals surface area contributed by atoms with Crippen molar-refractivity contribution < 1.29 is 19.4 Å². The molecule has 5 nitrogen and oxygen atoms in total. The SMILES string of the molecule is CCCOc1c(Br)cc(CNCC(=O)O)cc1OCC. The first-order valence-electron chi connectivity index (χ1n) is 6.59. The monoisotopic (exact) mass is 345 g/mol. The molecule has 6 heteroatoms. The molecule has 0 aliphatic rings. The van der Waals surface area contributed by atoms with Gasteiger partial charge in [0.05, 0.1) is 24.2 Å². The first-order chi connectivity index (χ1) is 9.58. The number of hydrogen-bond donors (Lipinski definition) is 2. The Morgan fingerprint density at radius 3 is 2.70 bits per heavy atom. The minimum atomic E-state index is -0.878. The van der Waals surface area contributed by atoms with Gasteiger partial charge >= 0.3 is 5.97 Å². The van der Waals surface area contributed by atoms with Crippen molar-refractivity contribution in [2.45, 2.75) is 26.8 Å². The van der Waals surface area contributed by atoms with E-state index in [0.29, 0.717) is 31.3 Å². The molecule has 0 unspecified atom stereocenters. The Morgan fingerprint density at radius 1 is 1.35 bits per heavy atom. The lowest BCUT2D eigenvalue weighted by Crippen LogP contribution is -2.21. The molecular weight excluding hydrogens is 326 g/mol. The third-order valence-corrected chi connectivity index (χ3v) is 3.01. The summed E-state index contributed by atoms with van der Waals surface area (Å²) in [5, 5.41) is 11.5. The van der Waals surface area contributed by atoms with Crippen LogP contribution in [0.4, 0.5) is 0 Å². The van der Waals surface area contributed by atoms with Crippen molar-refractivity contribution in [3.8, 4) is 11.5 Å². The molecule has 1 rings (SSSR count). The van der Waals surface area contributed by atoms with Crippen molar-refractivity contribution in [2.24, 2.45) is 0 Å². The Kier molecular flexibility index (Phi) is 7.40. The molecule has 0 spiro atoms. The Morgan fingerprint density at radius 2 is 2.10 bits per heavy atom. The first kappa shape index (κ1) is 16.8. The van der Waals surface area contributed by atoms with Gasteiger partial charge in [0.2, 0.25) is 0 Å². The molecule has 0 radical (unpaired) electrons. The molecular formula is C14H20BrNO4. The van der Waals surface area contributed by atoms with Crippen LogP contribution in [0.15, 0.2) is 16.6 Å². The van der Waals surface area contributed by atoms with E-state index in [1.54, 1.807) is 0 Å². The van der Waals surface area contributed by atoms with Gasteiger partial charge in [-0.15, -0.1) is 0 Å². The Balaban J connectivity index is 2.85. The van der Waals surface area contributed by atoms with Gasteiger partial charge < -0.3 is 19.9 Å². The van der Waals surface area contributed by atoms with Crippen LogP contribution in [0, 0.1) is 0 Å². The van der Waals surface area contributed by atoms with Crippen molar-refractivity contribution in [3.63, 3.8) is 0 Å². The van der Waals surface area contributed by atoms with Crippen molar-refractivity contribution in [1.29, 1.82) is 0 Å². The summed E-state index contributed by atoms with van der Waals surface area (Å²) in [6.45, 7) is 5.50. The second-order valence-corrected chi connectivity index (χ2v) is 5.04. The van der Waals surface area contributed by atoms with Crippen molar-refractivity contribution in [3.05, 3.63) is 22.2 Å². The van der Waals surface area contributed by atoms with Crippen LogP contribution in [-0.2, 0) is 11.3 Å². The standard InChI is InChI=1S/C14H20BrNO4/c1-3-5-20-14-11(15)6-10(7-12(14)19-4-2)8-16-9-13(17)18/h6-7,16H,3-5,8-9H2,1-2H3,(H,17,18). The summed E-state index contributed by atoms with van der Waals surface area (Å²) in [6.07, 6.45) is 0.917. The highest BCUT2D eigenvalue weighted by molar-refractivity contribution is 9.10. The molecule has 1 aromatic rings. The van der Waals surface area contributed by atoms with Crippen LogP contribution in [0.3, 0.4) is 0 Å². The number of halogens is 1. The molecule has 0 aliphatic carbocycles. The fourth-order valence-corrected chi connectivity index (χ4v) is 2.25.